The Morgan fingerprint density at radius 3 is 2.65 bits per heavy atom. The predicted molar refractivity (Wildman–Crippen MR) is 147 cm³/mol. The van der Waals surface area contributed by atoms with E-state index in [0.29, 0.717) is 48.1 Å². The number of aromatic amines is 1. The number of ether oxygens (including phenoxy) is 2. The van der Waals surface area contributed by atoms with Crippen LogP contribution in [0.25, 0.3) is 10.9 Å². The number of hydrogen-bond donors (Lipinski definition) is 3. The van der Waals surface area contributed by atoms with Crippen molar-refractivity contribution in [1.82, 2.24) is 10.3 Å². The molecule has 0 aliphatic carbocycles. The molecule has 4 aromatic rings. The Balaban J connectivity index is 1.27. The Hall–Kier alpha value is -4.63. The van der Waals surface area contributed by atoms with Crippen LogP contribution in [0.3, 0.4) is 0 Å². The highest BCUT2D eigenvalue weighted by molar-refractivity contribution is 6.26. The van der Waals surface area contributed by atoms with Gasteiger partial charge in [-0.15, -0.1) is 0 Å². The second kappa shape index (κ2) is 8.19. The minimum atomic E-state index is -1.36. The van der Waals surface area contributed by atoms with E-state index in [2.05, 4.69) is 15.6 Å². The second-order valence-electron chi connectivity index (χ2n) is 10.9. The van der Waals surface area contributed by atoms with Crippen LogP contribution in [0, 0.1) is 18.8 Å². The fourth-order valence-electron chi connectivity index (χ4n) is 7.11. The lowest BCUT2D eigenvalue weighted by molar-refractivity contribution is -0.130. The van der Waals surface area contributed by atoms with Gasteiger partial charge < -0.3 is 19.8 Å². The van der Waals surface area contributed by atoms with Crippen LogP contribution in [-0.2, 0) is 26.3 Å². The molecule has 2 saturated heterocycles. The number of H-pyrrole nitrogens is 1. The van der Waals surface area contributed by atoms with Crippen LogP contribution in [0.5, 0.6) is 11.5 Å². The molecule has 5 heterocycles. The number of aromatic nitrogens is 1. The molecule has 0 radical (unpaired) electrons. The van der Waals surface area contributed by atoms with E-state index < -0.39 is 29.3 Å². The monoisotopic (exact) mass is 534 g/mol. The lowest BCUT2D eigenvalue weighted by atomic mass is 9.76. The van der Waals surface area contributed by atoms with Crippen molar-refractivity contribution < 1.29 is 23.9 Å². The summed E-state index contributed by atoms with van der Waals surface area (Å²) in [5, 5.41) is 7.62. The van der Waals surface area contributed by atoms with E-state index in [0.717, 1.165) is 22.0 Å². The average molecular weight is 535 g/mol. The fourth-order valence-corrected chi connectivity index (χ4v) is 7.11. The number of carbonyl (C=O) groups excluding carboxylic acids is 3. The number of aryl methyl sites for hydroxylation is 1. The van der Waals surface area contributed by atoms with Crippen LogP contribution >= 0.6 is 0 Å². The highest BCUT2D eigenvalue weighted by Gasteiger charge is 2.70. The van der Waals surface area contributed by atoms with E-state index in [9.17, 15) is 14.4 Å². The van der Waals surface area contributed by atoms with Crippen molar-refractivity contribution in [2.24, 2.45) is 11.8 Å². The molecule has 9 heteroatoms. The predicted octanol–water partition coefficient (Wildman–Crippen LogP) is 3.42. The molecular weight excluding hydrogens is 508 g/mol. The van der Waals surface area contributed by atoms with Gasteiger partial charge in [0, 0.05) is 40.5 Å². The number of para-hydroxylation sites is 2. The zero-order valence-electron chi connectivity index (χ0n) is 21.7. The van der Waals surface area contributed by atoms with Gasteiger partial charge in [-0.1, -0.05) is 36.4 Å². The van der Waals surface area contributed by atoms with Gasteiger partial charge in [-0.2, -0.15) is 0 Å². The molecule has 4 atom stereocenters. The molecule has 3 N–H and O–H groups in total. The third-order valence-corrected chi connectivity index (χ3v) is 8.86. The molecule has 4 aliphatic heterocycles. The van der Waals surface area contributed by atoms with Crippen molar-refractivity contribution in [3.63, 3.8) is 0 Å². The minimum Gasteiger partial charge on any atom is -0.486 e. The van der Waals surface area contributed by atoms with Crippen molar-refractivity contribution in [2.75, 3.05) is 23.4 Å². The first-order valence-corrected chi connectivity index (χ1v) is 13.5. The van der Waals surface area contributed by atoms with Crippen LogP contribution in [0.2, 0.25) is 0 Å². The van der Waals surface area contributed by atoms with Crippen molar-refractivity contribution in [2.45, 2.75) is 24.9 Å². The molecule has 4 aliphatic rings. The number of amides is 3. The summed E-state index contributed by atoms with van der Waals surface area (Å²) in [5.74, 6) is -1.62. The van der Waals surface area contributed by atoms with Gasteiger partial charge in [-0.25, -0.2) is 4.90 Å². The Bertz CT molecular complexity index is 1760. The van der Waals surface area contributed by atoms with E-state index in [-0.39, 0.29) is 11.8 Å². The highest BCUT2D eigenvalue weighted by atomic mass is 16.6. The largest absolute Gasteiger partial charge is 0.486 e. The standard InChI is InChI=1S/C31H26N4O5/c1-16-5-4-7-20-27(16)33-30(38)31(20)26-25(22(34-31)13-17-15-32-21-8-3-2-6-19(17)21)28(36)35(29(26)37)18-9-10-23-24(14-18)40-12-11-39-23/h2-10,14-15,22,25-26,32,34H,11-13H2,1H3,(H,33,38)/t22-,25+,26-,31+/m0/s1. The second-order valence-corrected chi connectivity index (χ2v) is 10.9. The molecule has 1 spiro atoms. The Labute approximate surface area is 229 Å². The zero-order chi connectivity index (χ0) is 27.2. The smallest absolute Gasteiger partial charge is 0.250 e. The summed E-state index contributed by atoms with van der Waals surface area (Å²) in [6, 6.07) is 18.3. The van der Waals surface area contributed by atoms with Gasteiger partial charge in [0.05, 0.1) is 17.5 Å². The van der Waals surface area contributed by atoms with Crippen molar-refractivity contribution in [3.8, 4) is 11.5 Å². The van der Waals surface area contributed by atoms with E-state index >= 15 is 0 Å². The summed E-state index contributed by atoms with van der Waals surface area (Å²) in [4.78, 5) is 47.0. The topological polar surface area (TPSA) is 113 Å². The van der Waals surface area contributed by atoms with Gasteiger partial charge in [0.25, 0.3) is 0 Å². The Morgan fingerprint density at radius 2 is 1.77 bits per heavy atom. The first-order chi connectivity index (χ1) is 19.5. The van der Waals surface area contributed by atoms with Crippen LogP contribution < -0.4 is 25.0 Å². The van der Waals surface area contributed by atoms with Gasteiger partial charge in [0.15, 0.2) is 11.5 Å². The Morgan fingerprint density at radius 1 is 0.950 bits per heavy atom. The fraction of sp³-hybridized carbons (Fsp3) is 0.258. The van der Waals surface area contributed by atoms with Crippen molar-refractivity contribution in [1.29, 1.82) is 0 Å². The van der Waals surface area contributed by atoms with Gasteiger partial charge >= 0.3 is 0 Å². The third-order valence-electron chi connectivity index (χ3n) is 8.86. The molecular formula is C31H26N4O5. The minimum absolute atomic E-state index is 0.307. The number of rotatable bonds is 3. The lowest BCUT2D eigenvalue weighted by Gasteiger charge is -2.30. The molecule has 40 heavy (non-hydrogen) atoms. The maximum atomic E-state index is 14.3. The zero-order valence-corrected chi connectivity index (χ0v) is 21.7. The van der Waals surface area contributed by atoms with Crippen LogP contribution in [0.4, 0.5) is 11.4 Å². The van der Waals surface area contributed by atoms with Crippen LogP contribution in [0.15, 0.2) is 66.9 Å². The van der Waals surface area contributed by atoms with Crippen molar-refractivity contribution >= 4 is 40.0 Å². The number of fused-ring (bicyclic) bond motifs is 6. The number of carbonyl (C=O) groups is 3. The molecule has 3 amide bonds. The first kappa shape index (κ1) is 23.3. The summed E-state index contributed by atoms with van der Waals surface area (Å²) < 4.78 is 11.4. The molecule has 0 unspecified atom stereocenters. The molecule has 1 aromatic heterocycles. The lowest BCUT2D eigenvalue weighted by Crippen LogP contribution is -2.53. The van der Waals surface area contributed by atoms with Crippen LogP contribution in [-0.4, -0.2) is 42.0 Å². The third kappa shape index (κ3) is 2.98. The number of hydrogen-bond acceptors (Lipinski definition) is 6. The SMILES string of the molecule is Cc1cccc2c1NC(=O)[C@@]21N[C@@H](Cc2c[nH]c3ccccc23)[C@H]2C(=O)N(c3ccc4c(c3)OCCO4)C(=O)[C@H]21. The van der Waals surface area contributed by atoms with E-state index in [1.807, 2.05) is 55.6 Å². The highest BCUT2D eigenvalue weighted by Crippen LogP contribution is 2.54. The van der Waals surface area contributed by atoms with Gasteiger partial charge in [-0.05, 0) is 42.7 Å². The maximum Gasteiger partial charge on any atom is 0.250 e. The quantitative estimate of drug-likeness (QED) is 0.347. The maximum absolute atomic E-state index is 14.3. The molecule has 0 bridgehead atoms. The number of anilines is 2. The summed E-state index contributed by atoms with van der Waals surface area (Å²) in [5.41, 5.74) is 3.37. The molecule has 9 nitrogen and oxygen atoms in total. The molecule has 8 rings (SSSR count). The molecule has 0 saturated carbocycles. The van der Waals surface area contributed by atoms with E-state index in [4.69, 9.17) is 9.47 Å². The first-order valence-electron chi connectivity index (χ1n) is 13.5. The van der Waals surface area contributed by atoms with Crippen molar-refractivity contribution in [3.05, 3.63) is 83.6 Å². The van der Waals surface area contributed by atoms with Crippen LogP contribution in [0.1, 0.15) is 16.7 Å². The normalized spacial score (nSPS) is 26.5. The van der Waals surface area contributed by atoms with Gasteiger partial charge in [0.1, 0.15) is 18.8 Å². The summed E-state index contributed by atoms with van der Waals surface area (Å²) in [7, 11) is 0. The molecule has 2 fully saturated rings. The number of imide groups is 1. The number of benzene rings is 3. The molecule has 200 valence electrons. The van der Waals surface area contributed by atoms with Gasteiger partial charge in [-0.3, -0.25) is 19.7 Å². The van der Waals surface area contributed by atoms with E-state index in [1.54, 1.807) is 18.2 Å². The Kier molecular flexibility index (Phi) is 4.76. The summed E-state index contributed by atoms with van der Waals surface area (Å²) in [6.07, 6.45) is 2.41. The number of nitrogens with one attached hydrogen (secondary N) is 3. The summed E-state index contributed by atoms with van der Waals surface area (Å²) in [6.45, 7) is 2.76. The number of nitrogens with zero attached hydrogens (tertiary/aromatic N) is 1. The van der Waals surface area contributed by atoms with E-state index in [1.165, 1.54) is 4.90 Å². The average Bonchev–Trinajstić information content (AvgIpc) is 3.68. The van der Waals surface area contributed by atoms with Gasteiger partial charge in [0.2, 0.25) is 17.7 Å². The summed E-state index contributed by atoms with van der Waals surface area (Å²) >= 11 is 0. The molecule has 3 aromatic carbocycles.